The predicted molar refractivity (Wildman–Crippen MR) is 108 cm³/mol. The highest BCUT2D eigenvalue weighted by Gasteiger charge is 2.39. The molecule has 152 valence electrons. The van der Waals surface area contributed by atoms with Gasteiger partial charge < -0.3 is 14.8 Å². The van der Waals surface area contributed by atoms with Gasteiger partial charge in [0.1, 0.15) is 17.3 Å². The molecule has 2 aromatic carbocycles. The van der Waals surface area contributed by atoms with Crippen LogP contribution in [-0.4, -0.2) is 43.6 Å². The van der Waals surface area contributed by atoms with Crippen LogP contribution in [0, 0.1) is 5.82 Å². The lowest BCUT2D eigenvalue weighted by Gasteiger charge is -2.14. The molecule has 0 radical (unpaired) electrons. The minimum atomic E-state index is -0.474. The van der Waals surface area contributed by atoms with Gasteiger partial charge in [0, 0.05) is 12.8 Å². The minimum Gasteiger partial charge on any atom is -0.494 e. The van der Waals surface area contributed by atoms with E-state index in [1.54, 1.807) is 30.3 Å². The first-order valence-corrected chi connectivity index (χ1v) is 9.40. The van der Waals surface area contributed by atoms with Crippen LogP contribution >= 0.6 is 0 Å². The van der Waals surface area contributed by atoms with Gasteiger partial charge in [-0.1, -0.05) is 25.1 Å². The van der Waals surface area contributed by atoms with Crippen LogP contribution in [0.1, 0.15) is 18.9 Å². The number of imide groups is 1. The Hall–Kier alpha value is -3.19. The van der Waals surface area contributed by atoms with Gasteiger partial charge in [-0.05, 0) is 42.3 Å². The van der Waals surface area contributed by atoms with Crippen molar-refractivity contribution in [1.82, 2.24) is 4.90 Å². The lowest BCUT2D eigenvalue weighted by molar-refractivity contribution is -0.137. The molecular formula is C22H23FN2O4. The molecule has 1 aliphatic heterocycles. The molecule has 2 amide bonds. The number of benzene rings is 2. The number of nitrogens with one attached hydrogen (secondary N) is 1. The van der Waals surface area contributed by atoms with E-state index in [1.807, 2.05) is 6.92 Å². The van der Waals surface area contributed by atoms with E-state index in [9.17, 15) is 14.0 Å². The zero-order valence-corrected chi connectivity index (χ0v) is 16.4. The molecule has 7 heteroatoms. The van der Waals surface area contributed by atoms with Gasteiger partial charge in [-0.25, -0.2) is 4.39 Å². The summed E-state index contributed by atoms with van der Waals surface area (Å²) in [5.74, 6) is -0.655. The summed E-state index contributed by atoms with van der Waals surface area (Å²) in [6, 6.07) is 12.7. The fourth-order valence-corrected chi connectivity index (χ4v) is 2.99. The summed E-state index contributed by atoms with van der Waals surface area (Å²) in [4.78, 5) is 27.0. The smallest absolute Gasteiger partial charge is 0.278 e. The predicted octanol–water partition coefficient (Wildman–Crippen LogP) is 3.45. The maximum atomic E-state index is 13.6. The van der Waals surface area contributed by atoms with Crippen molar-refractivity contribution in [2.24, 2.45) is 0 Å². The van der Waals surface area contributed by atoms with Crippen molar-refractivity contribution in [3.8, 4) is 5.75 Å². The van der Waals surface area contributed by atoms with Gasteiger partial charge in [-0.2, -0.15) is 0 Å². The van der Waals surface area contributed by atoms with Crippen LogP contribution in [0.2, 0.25) is 0 Å². The molecule has 6 nitrogen and oxygen atoms in total. The first kappa shape index (κ1) is 20.5. The van der Waals surface area contributed by atoms with Crippen molar-refractivity contribution in [1.29, 1.82) is 0 Å². The van der Waals surface area contributed by atoms with Gasteiger partial charge in [0.2, 0.25) is 0 Å². The number of methoxy groups -OCH3 is 1. The maximum Gasteiger partial charge on any atom is 0.278 e. The van der Waals surface area contributed by atoms with Crippen LogP contribution in [0.25, 0.3) is 5.57 Å². The van der Waals surface area contributed by atoms with Gasteiger partial charge in [0.15, 0.2) is 0 Å². The van der Waals surface area contributed by atoms with Crippen molar-refractivity contribution in [3.05, 3.63) is 65.6 Å². The Kier molecular flexibility index (Phi) is 6.61. The van der Waals surface area contributed by atoms with Gasteiger partial charge in [0.25, 0.3) is 11.8 Å². The Labute approximate surface area is 168 Å². The van der Waals surface area contributed by atoms with Gasteiger partial charge in [-0.3, -0.25) is 14.5 Å². The first-order valence-electron chi connectivity index (χ1n) is 9.40. The highest BCUT2D eigenvalue weighted by molar-refractivity contribution is 6.36. The summed E-state index contributed by atoms with van der Waals surface area (Å²) in [6.45, 7) is 2.96. The largest absolute Gasteiger partial charge is 0.494 e. The molecule has 0 saturated carbocycles. The molecule has 0 saturated heterocycles. The summed E-state index contributed by atoms with van der Waals surface area (Å²) >= 11 is 0. The number of amides is 2. The summed E-state index contributed by atoms with van der Waals surface area (Å²) in [6.07, 6.45) is 0.885. The van der Waals surface area contributed by atoms with E-state index in [-0.39, 0.29) is 24.4 Å². The second kappa shape index (κ2) is 9.34. The Morgan fingerprint density at radius 3 is 2.45 bits per heavy atom. The number of ether oxygens (including phenoxy) is 2. The second-order valence-corrected chi connectivity index (χ2v) is 6.51. The Morgan fingerprint density at radius 1 is 1.03 bits per heavy atom. The summed E-state index contributed by atoms with van der Waals surface area (Å²) in [5, 5.41) is 2.92. The summed E-state index contributed by atoms with van der Waals surface area (Å²) in [7, 11) is 1.50. The molecule has 0 aliphatic carbocycles. The molecule has 0 fully saturated rings. The minimum absolute atomic E-state index is 0.110. The van der Waals surface area contributed by atoms with E-state index in [1.165, 1.54) is 25.3 Å². The Morgan fingerprint density at radius 2 is 1.79 bits per heavy atom. The number of carbonyl (C=O) groups is 2. The quantitative estimate of drug-likeness (QED) is 0.656. The van der Waals surface area contributed by atoms with Gasteiger partial charge >= 0.3 is 0 Å². The zero-order valence-electron chi connectivity index (χ0n) is 16.4. The van der Waals surface area contributed by atoms with E-state index in [0.717, 1.165) is 11.3 Å². The van der Waals surface area contributed by atoms with Gasteiger partial charge in [0.05, 0.1) is 25.3 Å². The average molecular weight is 398 g/mol. The molecule has 0 unspecified atom stereocenters. The number of hydrogen-bond donors (Lipinski definition) is 1. The average Bonchev–Trinajstić information content (AvgIpc) is 2.95. The highest BCUT2D eigenvalue weighted by Crippen LogP contribution is 2.31. The Bertz CT molecular complexity index is 925. The lowest BCUT2D eigenvalue weighted by atomic mass is 10.0. The van der Waals surface area contributed by atoms with E-state index >= 15 is 0 Å². The van der Waals surface area contributed by atoms with Crippen LogP contribution in [0.15, 0.2) is 54.2 Å². The maximum absolute atomic E-state index is 13.6. The number of halogens is 1. The number of nitrogens with zero attached hydrogens (tertiary/aromatic N) is 1. The number of rotatable bonds is 9. The van der Waals surface area contributed by atoms with Crippen LogP contribution in [0.5, 0.6) is 5.75 Å². The molecule has 0 aromatic heterocycles. The lowest BCUT2D eigenvalue weighted by Crippen LogP contribution is -2.35. The molecular weight excluding hydrogens is 375 g/mol. The van der Waals surface area contributed by atoms with Crippen LogP contribution in [-0.2, 0) is 14.3 Å². The molecule has 29 heavy (non-hydrogen) atoms. The van der Waals surface area contributed by atoms with Crippen molar-refractivity contribution >= 4 is 23.1 Å². The topological polar surface area (TPSA) is 67.9 Å². The molecule has 1 heterocycles. The van der Waals surface area contributed by atoms with E-state index in [2.05, 4.69) is 5.32 Å². The van der Waals surface area contributed by atoms with Crippen LogP contribution in [0.3, 0.4) is 0 Å². The molecule has 0 atom stereocenters. The van der Waals surface area contributed by atoms with Gasteiger partial charge in [-0.15, -0.1) is 0 Å². The molecule has 1 aliphatic rings. The SMILES string of the molecule is CCCOc1ccc(C2=C(Nc3cccc(F)c3)C(=O)N(CCOC)C2=O)cc1. The monoisotopic (exact) mass is 398 g/mol. The van der Waals surface area contributed by atoms with Crippen molar-refractivity contribution in [3.63, 3.8) is 0 Å². The highest BCUT2D eigenvalue weighted by atomic mass is 19.1. The molecule has 1 N–H and O–H groups in total. The third-order valence-corrected chi connectivity index (χ3v) is 4.40. The number of anilines is 1. The van der Waals surface area contributed by atoms with E-state index in [4.69, 9.17) is 9.47 Å². The van der Waals surface area contributed by atoms with E-state index in [0.29, 0.717) is 23.6 Å². The number of hydrogen-bond acceptors (Lipinski definition) is 5. The van der Waals surface area contributed by atoms with Crippen molar-refractivity contribution < 1.29 is 23.5 Å². The fraction of sp³-hybridized carbons (Fsp3) is 0.273. The fourth-order valence-electron chi connectivity index (χ4n) is 2.99. The molecule has 3 rings (SSSR count). The van der Waals surface area contributed by atoms with Crippen LogP contribution in [0.4, 0.5) is 10.1 Å². The second-order valence-electron chi connectivity index (χ2n) is 6.51. The Balaban J connectivity index is 1.97. The zero-order chi connectivity index (χ0) is 20.8. The van der Waals surface area contributed by atoms with Crippen LogP contribution < -0.4 is 10.1 Å². The standard InChI is InChI=1S/C22H23FN2O4/c1-3-12-29-18-9-7-15(8-10-18)19-20(24-17-6-4-5-16(23)14-17)22(27)25(21(19)26)11-13-28-2/h4-10,14,24H,3,11-13H2,1-2H3. The normalized spacial score (nSPS) is 14.0. The molecule has 0 spiro atoms. The third kappa shape index (κ3) is 4.63. The number of carbonyl (C=O) groups excluding carboxylic acids is 2. The summed E-state index contributed by atoms with van der Waals surface area (Å²) in [5.41, 5.74) is 1.30. The van der Waals surface area contributed by atoms with Crippen molar-refractivity contribution in [2.75, 3.05) is 32.2 Å². The molecule has 0 bridgehead atoms. The molecule has 2 aromatic rings. The van der Waals surface area contributed by atoms with Crippen molar-refractivity contribution in [2.45, 2.75) is 13.3 Å². The third-order valence-electron chi connectivity index (χ3n) is 4.40. The summed E-state index contributed by atoms with van der Waals surface area (Å²) < 4.78 is 24.2. The van der Waals surface area contributed by atoms with E-state index < -0.39 is 17.6 Å². The first-order chi connectivity index (χ1) is 14.0.